The van der Waals surface area contributed by atoms with E-state index >= 15 is 0 Å². The average molecular weight is 928 g/mol. The van der Waals surface area contributed by atoms with Gasteiger partial charge in [0, 0.05) is 60.6 Å². The van der Waals surface area contributed by atoms with Crippen LogP contribution in [0.25, 0.3) is 10.9 Å². The van der Waals surface area contributed by atoms with Crippen LogP contribution in [0.2, 0.25) is 0 Å². The van der Waals surface area contributed by atoms with E-state index in [0.717, 1.165) is 16.5 Å². The number of carboxylic acids is 1. The van der Waals surface area contributed by atoms with Crippen molar-refractivity contribution in [2.24, 2.45) is 10.7 Å². The quantitative estimate of drug-likeness (QED) is 0.0527. The molecule has 65 heavy (non-hydrogen) atoms. The van der Waals surface area contributed by atoms with Gasteiger partial charge in [-0.25, -0.2) is 0 Å². The summed E-state index contributed by atoms with van der Waals surface area (Å²) >= 11 is 0. The highest BCUT2D eigenvalue weighted by Gasteiger charge is 2.33. The second kappa shape index (κ2) is 25.6. The Morgan fingerprint density at radius 1 is 0.708 bits per heavy atom. The fraction of sp³-hybridized carbons (Fsp3) is 0.356. The molecular weight excluding hydrogens is 875 g/mol. The largest absolute Gasteiger partial charge is 0.481 e. The molecule has 0 aliphatic carbocycles. The molecule has 1 fully saturated rings. The summed E-state index contributed by atoms with van der Waals surface area (Å²) in [6.07, 6.45) is 3.62. The van der Waals surface area contributed by atoms with Crippen LogP contribution in [-0.2, 0) is 51.2 Å². The van der Waals surface area contributed by atoms with E-state index in [4.69, 9.17) is 5.73 Å². The Morgan fingerprint density at radius 2 is 1.35 bits per heavy atom. The number of amides is 7. The lowest BCUT2D eigenvalue weighted by Gasteiger charge is -2.26. The number of aromatic amines is 1. The van der Waals surface area contributed by atoms with Crippen molar-refractivity contribution in [3.05, 3.63) is 108 Å². The van der Waals surface area contributed by atoms with Gasteiger partial charge in [-0.05, 0) is 42.0 Å². The summed E-state index contributed by atoms with van der Waals surface area (Å²) in [6, 6.07) is 18.9. The number of aliphatic imine (C=N–C) groups is 1. The van der Waals surface area contributed by atoms with Gasteiger partial charge in [0.1, 0.15) is 30.2 Å². The third kappa shape index (κ3) is 16.4. The summed E-state index contributed by atoms with van der Waals surface area (Å²) in [5.41, 5.74) is 8.65. The lowest BCUT2D eigenvalue weighted by Crippen LogP contribution is -2.59. The number of primary amides is 1. The maximum absolute atomic E-state index is 14.3. The molecule has 0 unspecified atom stereocenters. The average Bonchev–Trinajstić information content (AvgIpc) is 3.70. The van der Waals surface area contributed by atoms with Crippen LogP contribution >= 0.6 is 21.6 Å². The topological polar surface area (TPSA) is 283 Å². The number of H-pyrrole nitrogens is 1. The minimum Gasteiger partial charge on any atom is -0.481 e. The summed E-state index contributed by atoms with van der Waals surface area (Å²) in [5.74, 6) is -6.64. The molecule has 344 valence electrons. The number of rotatable bonds is 13. The van der Waals surface area contributed by atoms with Crippen LogP contribution in [0.3, 0.4) is 0 Å². The van der Waals surface area contributed by atoms with Crippen molar-refractivity contribution < 1.29 is 43.5 Å². The molecule has 1 aliphatic heterocycles. The van der Waals surface area contributed by atoms with Gasteiger partial charge in [-0.15, -0.1) is 0 Å². The monoisotopic (exact) mass is 927 g/mol. The van der Waals surface area contributed by atoms with Crippen molar-refractivity contribution in [1.29, 1.82) is 0 Å². The van der Waals surface area contributed by atoms with Crippen molar-refractivity contribution in [2.45, 2.75) is 75.2 Å². The predicted octanol–water partition coefficient (Wildman–Crippen LogP) is 1.53. The summed E-state index contributed by atoms with van der Waals surface area (Å²) in [4.78, 5) is 114. The van der Waals surface area contributed by atoms with E-state index in [2.05, 4.69) is 41.9 Å². The third-order valence-electron chi connectivity index (χ3n) is 10.2. The smallest absolute Gasteiger partial charge is 0.305 e. The van der Waals surface area contributed by atoms with Crippen molar-refractivity contribution >= 4 is 86.0 Å². The van der Waals surface area contributed by atoms with E-state index in [1.807, 2.05) is 48.5 Å². The normalized spacial score (nSPS) is 21.3. The zero-order chi connectivity index (χ0) is 46.6. The maximum Gasteiger partial charge on any atom is 0.305 e. The zero-order valence-electron chi connectivity index (χ0n) is 35.5. The van der Waals surface area contributed by atoms with Gasteiger partial charge in [-0.3, -0.25) is 43.3 Å². The summed E-state index contributed by atoms with van der Waals surface area (Å²) < 4.78 is 0. The number of carbonyl (C=O) groups is 8. The predicted molar refractivity (Wildman–Crippen MR) is 249 cm³/mol. The highest BCUT2D eigenvalue weighted by Crippen LogP contribution is 2.23. The van der Waals surface area contributed by atoms with Crippen LogP contribution in [-0.4, -0.2) is 118 Å². The number of nitrogens with two attached hydrogens (primary N) is 1. The molecular formula is C45H53N9O9S2. The number of aliphatic carboxylic acids is 1. The van der Waals surface area contributed by atoms with E-state index < -0.39 is 90.5 Å². The van der Waals surface area contributed by atoms with E-state index in [0.29, 0.717) is 30.5 Å². The SMILES string of the molecule is NC(=O)[C@@H]1CSSCCC(=O)N[C@@H](CCCCN=Cc2ccccc2)C(=O)NCC(=O)N[C@@H](CC(=O)O)C(=O)N[C@@H](Cc2c[nH]c3ccccc23)C(=O)N[C@@H](Cc2ccccc2)C(=O)N1. The first kappa shape index (κ1) is 49.3. The van der Waals surface area contributed by atoms with Gasteiger partial charge in [0.2, 0.25) is 41.4 Å². The number of unbranched alkanes of at least 4 members (excludes halogenated alkanes) is 1. The number of nitrogens with one attached hydrogen (secondary N) is 7. The first-order chi connectivity index (χ1) is 31.4. The van der Waals surface area contributed by atoms with E-state index in [1.54, 1.807) is 48.8 Å². The van der Waals surface area contributed by atoms with Crippen LogP contribution in [0.15, 0.2) is 96.1 Å². The van der Waals surface area contributed by atoms with Crippen LogP contribution in [0, 0.1) is 0 Å². The Kier molecular flexibility index (Phi) is 19.4. The van der Waals surface area contributed by atoms with Gasteiger partial charge in [-0.1, -0.05) is 100 Å². The van der Waals surface area contributed by atoms with Crippen LogP contribution < -0.4 is 37.6 Å². The molecule has 7 amide bonds. The fourth-order valence-electron chi connectivity index (χ4n) is 6.83. The molecule has 0 bridgehead atoms. The number of nitrogens with zero attached hydrogens (tertiary/aromatic N) is 1. The van der Waals surface area contributed by atoms with Crippen LogP contribution in [0.4, 0.5) is 0 Å². The van der Waals surface area contributed by atoms with E-state index in [-0.39, 0.29) is 37.2 Å². The van der Waals surface area contributed by atoms with Crippen LogP contribution in [0.5, 0.6) is 0 Å². The van der Waals surface area contributed by atoms with E-state index in [1.165, 1.54) is 21.6 Å². The number of fused-ring (bicyclic) bond motifs is 1. The minimum absolute atomic E-state index is 0.0163. The molecule has 0 saturated carbocycles. The van der Waals surface area contributed by atoms with Gasteiger partial charge in [0.05, 0.1) is 13.0 Å². The number of para-hydroxylation sites is 1. The highest BCUT2D eigenvalue weighted by molar-refractivity contribution is 8.76. The lowest BCUT2D eigenvalue weighted by molar-refractivity contribution is -0.141. The summed E-state index contributed by atoms with van der Waals surface area (Å²) in [7, 11) is 2.44. The maximum atomic E-state index is 14.3. The van der Waals surface area contributed by atoms with Crippen molar-refractivity contribution in [2.75, 3.05) is 24.6 Å². The Balaban J connectivity index is 1.39. The van der Waals surface area contributed by atoms with E-state index in [9.17, 15) is 43.5 Å². The van der Waals surface area contributed by atoms with Gasteiger partial charge < -0.3 is 47.7 Å². The second-order valence-electron chi connectivity index (χ2n) is 15.2. The molecule has 2 heterocycles. The van der Waals surface area contributed by atoms with Gasteiger partial charge in [-0.2, -0.15) is 0 Å². The Hall–Kier alpha value is -6.67. The van der Waals surface area contributed by atoms with Crippen molar-refractivity contribution in [3.8, 4) is 0 Å². The highest BCUT2D eigenvalue weighted by atomic mass is 33.1. The lowest BCUT2D eigenvalue weighted by atomic mass is 10.0. The molecule has 10 N–H and O–H groups in total. The zero-order valence-corrected chi connectivity index (χ0v) is 37.1. The van der Waals surface area contributed by atoms with Crippen molar-refractivity contribution in [3.63, 3.8) is 0 Å². The first-order valence-corrected chi connectivity index (χ1v) is 23.5. The molecule has 0 radical (unpaired) electrons. The Morgan fingerprint density at radius 3 is 2.08 bits per heavy atom. The van der Waals surface area contributed by atoms with Crippen molar-refractivity contribution in [1.82, 2.24) is 36.9 Å². The first-order valence-electron chi connectivity index (χ1n) is 21.0. The summed E-state index contributed by atoms with van der Waals surface area (Å²) in [6.45, 7) is -0.204. The molecule has 1 aromatic heterocycles. The summed E-state index contributed by atoms with van der Waals surface area (Å²) in [5, 5.41) is 26.0. The Bertz CT molecular complexity index is 2310. The third-order valence-corrected chi connectivity index (χ3v) is 12.6. The number of hydrogen-bond donors (Lipinski definition) is 9. The number of carboxylic acid groups (broad SMARTS) is 1. The number of aromatic nitrogens is 1. The standard InChI is InChI=1S/C45H53N9O9S2/c46-41(59)37-27-65-64-20-18-38(55)50-33(17-9-10-19-47-24-29-13-5-2-6-14-29)42(60)49-26-39(56)51-36(23-40(57)58)45(63)53-35(22-30-25-48-32-16-8-7-15-31(30)32)44(62)52-34(43(61)54-37)21-28-11-3-1-4-12-28/h1-8,11-16,24-25,33-37,48H,9-10,17-23,26-27H2,(H2,46,59)(H,49,60)(H,50,55)(H,51,56)(H,52,62)(H,53,63)(H,54,61)(H,57,58)/t33-,34-,35-,36-,37-/m0/s1. The molecule has 18 nitrogen and oxygen atoms in total. The Labute approximate surface area is 383 Å². The molecule has 20 heteroatoms. The number of benzene rings is 3. The minimum atomic E-state index is -1.71. The molecule has 1 aliphatic rings. The molecule has 3 aromatic carbocycles. The number of hydrogen-bond acceptors (Lipinski definition) is 11. The van der Waals surface area contributed by atoms with Gasteiger partial charge in [0.15, 0.2) is 0 Å². The van der Waals surface area contributed by atoms with Gasteiger partial charge >= 0.3 is 5.97 Å². The molecule has 1 saturated heterocycles. The van der Waals surface area contributed by atoms with Gasteiger partial charge in [0.25, 0.3) is 0 Å². The number of carbonyl (C=O) groups excluding carboxylic acids is 7. The second-order valence-corrected chi connectivity index (χ2v) is 17.8. The fourth-order valence-corrected chi connectivity index (χ4v) is 8.99. The van der Waals surface area contributed by atoms with Crippen LogP contribution in [0.1, 0.15) is 48.8 Å². The molecule has 4 aromatic rings. The molecule has 5 rings (SSSR count). The molecule has 5 atom stereocenters. The molecule has 0 spiro atoms.